The van der Waals surface area contributed by atoms with Crippen molar-refractivity contribution in [3.05, 3.63) is 104 Å². The molecule has 0 unspecified atom stereocenters. The Morgan fingerprint density at radius 1 is 1.09 bits per heavy atom. The number of ether oxygens (including phenoxy) is 1. The third kappa shape index (κ3) is 5.18. The SMILES string of the molecule is Cc1cccc(NS(=O)(=O)c2cc(C(=O)OCc3cc(=O)n4cc(Br)ccc4n3)ccc2C)c1. The van der Waals surface area contributed by atoms with E-state index in [9.17, 15) is 18.0 Å². The molecule has 0 radical (unpaired) electrons. The molecule has 0 spiro atoms. The van der Waals surface area contributed by atoms with E-state index in [0.29, 0.717) is 16.9 Å². The molecule has 0 fully saturated rings. The molecule has 174 valence electrons. The van der Waals surface area contributed by atoms with Crippen molar-refractivity contribution in [3.63, 3.8) is 0 Å². The number of aromatic nitrogens is 2. The van der Waals surface area contributed by atoms with Gasteiger partial charge in [0.05, 0.1) is 16.2 Å². The minimum absolute atomic E-state index is 0.0314. The van der Waals surface area contributed by atoms with E-state index in [0.717, 1.165) is 10.0 Å². The minimum atomic E-state index is -3.94. The summed E-state index contributed by atoms with van der Waals surface area (Å²) in [7, 11) is -3.94. The van der Waals surface area contributed by atoms with Crippen LogP contribution in [-0.2, 0) is 21.4 Å². The lowest BCUT2D eigenvalue weighted by atomic mass is 10.1. The van der Waals surface area contributed by atoms with Gasteiger partial charge in [-0.05, 0) is 77.3 Å². The molecule has 1 N–H and O–H groups in total. The van der Waals surface area contributed by atoms with Gasteiger partial charge in [0.1, 0.15) is 12.3 Å². The number of pyridine rings is 1. The molecule has 34 heavy (non-hydrogen) atoms. The highest BCUT2D eigenvalue weighted by Gasteiger charge is 2.20. The quantitative estimate of drug-likeness (QED) is 0.366. The van der Waals surface area contributed by atoms with Crippen LogP contribution in [0.1, 0.15) is 27.2 Å². The molecule has 0 aliphatic heterocycles. The van der Waals surface area contributed by atoms with Crippen LogP contribution in [0.5, 0.6) is 0 Å². The Balaban J connectivity index is 1.54. The van der Waals surface area contributed by atoms with E-state index in [-0.39, 0.29) is 28.3 Å². The molecule has 2 aromatic heterocycles. The second-order valence-electron chi connectivity index (χ2n) is 7.69. The molecule has 0 amide bonds. The topological polar surface area (TPSA) is 107 Å². The Hall–Kier alpha value is -3.50. The maximum atomic E-state index is 13.0. The van der Waals surface area contributed by atoms with E-state index in [1.165, 1.54) is 22.6 Å². The summed E-state index contributed by atoms with van der Waals surface area (Å²) in [5.74, 6) is -0.732. The number of hydrogen-bond donors (Lipinski definition) is 1. The van der Waals surface area contributed by atoms with Crippen molar-refractivity contribution in [2.75, 3.05) is 4.72 Å². The Bertz CT molecular complexity index is 1580. The van der Waals surface area contributed by atoms with Crippen LogP contribution in [0.2, 0.25) is 0 Å². The van der Waals surface area contributed by atoms with E-state index in [4.69, 9.17) is 4.74 Å². The van der Waals surface area contributed by atoms with Gasteiger partial charge in [0.15, 0.2) is 0 Å². The van der Waals surface area contributed by atoms with E-state index >= 15 is 0 Å². The number of sulfonamides is 1. The second-order valence-corrected chi connectivity index (χ2v) is 10.3. The molecule has 4 rings (SSSR count). The fourth-order valence-corrected chi connectivity index (χ4v) is 5.02. The molecule has 2 aromatic carbocycles. The molecule has 4 aromatic rings. The van der Waals surface area contributed by atoms with E-state index in [1.54, 1.807) is 49.5 Å². The number of nitrogens with zero attached hydrogens (tertiary/aromatic N) is 2. The first-order valence-corrected chi connectivity index (χ1v) is 12.5. The minimum Gasteiger partial charge on any atom is -0.456 e. The Morgan fingerprint density at radius 3 is 2.65 bits per heavy atom. The predicted octanol–water partition coefficient (Wildman–Crippen LogP) is 4.23. The lowest BCUT2D eigenvalue weighted by molar-refractivity contribution is 0.0467. The lowest BCUT2D eigenvalue weighted by Gasteiger charge is -2.12. The average molecular weight is 542 g/mol. The second kappa shape index (κ2) is 9.40. The first-order valence-electron chi connectivity index (χ1n) is 10.2. The van der Waals surface area contributed by atoms with Gasteiger partial charge in [-0.3, -0.25) is 13.9 Å². The number of anilines is 1. The standard InChI is InChI=1S/C24H20BrN3O5S/c1-15-4-3-5-19(10-15)27-34(31,32)21-11-17(7-6-16(21)2)24(30)33-14-20-12-23(29)28-13-18(25)8-9-22(28)26-20/h3-13,27H,14H2,1-2H3. The molecule has 0 saturated heterocycles. The number of rotatable bonds is 6. The summed E-state index contributed by atoms with van der Waals surface area (Å²) in [5.41, 5.74) is 2.25. The number of carbonyl (C=O) groups is 1. The lowest BCUT2D eigenvalue weighted by Crippen LogP contribution is -2.17. The summed E-state index contributed by atoms with van der Waals surface area (Å²) < 4.78 is 35.9. The molecule has 8 nitrogen and oxygen atoms in total. The van der Waals surface area contributed by atoms with Crippen LogP contribution in [0, 0.1) is 13.8 Å². The van der Waals surface area contributed by atoms with Crippen molar-refractivity contribution in [3.8, 4) is 0 Å². The zero-order valence-corrected chi connectivity index (χ0v) is 20.7. The van der Waals surface area contributed by atoms with Crippen molar-refractivity contribution in [1.82, 2.24) is 9.38 Å². The maximum Gasteiger partial charge on any atom is 0.338 e. The molecule has 0 saturated carbocycles. The molecule has 0 aliphatic rings. The number of benzene rings is 2. The fraction of sp³-hybridized carbons (Fsp3) is 0.125. The maximum absolute atomic E-state index is 13.0. The van der Waals surface area contributed by atoms with Crippen LogP contribution in [0.4, 0.5) is 5.69 Å². The highest BCUT2D eigenvalue weighted by atomic mass is 79.9. The third-order valence-corrected chi connectivity index (χ3v) is 7.00. The Morgan fingerprint density at radius 2 is 1.88 bits per heavy atom. The van der Waals surface area contributed by atoms with Crippen molar-refractivity contribution in [2.45, 2.75) is 25.3 Å². The van der Waals surface area contributed by atoms with Gasteiger partial charge < -0.3 is 4.74 Å². The zero-order valence-electron chi connectivity index (χ0n) is 18.3. The van der Waals surface area contributed by atoms with Crippen LogP contribution in [-0.4, -0.2) is 23.8 Å². The van der Waals surface area contributed by atoms with Crippen LogP contribution >= 0.6 is 15.9 Å². The number of nitrogens with one attached hydrogen (secondary N) is 1. The smallest absolute Gasteiger partial charge is 0.338 e. The summed E-state index contributed by atoms with van der Waals surface area (Å²) >= 11 is 3.30. The van der Waals surface area contributed by atoms with Gasteiger partial charge in [-0.25, -0.2) is 18.2 Å². The fourth-order valence-electron chi connectivity index (χ4n) is 3.36. The zero-order chi connectivity index (χ0) is 24.5. The van der Waals surface area contributed by atoms with Crippen molar-refractivity contribution < 1.29 is 17.9 Å². The molecule has 2 heterocycles. The van der Waals surface area contributed by atoms with Gasteiger partial charge in [-0.15, -0.1) is 0 Å². The number of aryl methyl sites for hydroxylation is 2. The molecule has 0 aliphatic carbocycles. The van der Waals surface area contributed by atoms with Crippen LogP contribution in [0.15, 0.2) is 81.0 Å². The number of fused-ring (bicyclic) bond motifs is 1. The third-order valence-electron chi connectivity index (χ3n) is 5.01. The number of esters is 1. The van der Waals surface area contributed by atoms with Gasteiger partial charge >= 0.3 is 5.97 Å². The summed E-state index contributed by atoms with van der Waals surface area (Å²) in [5, 5.41) is 0. The Kier molecular flexibility index (Phi) is 6.54. The van der Waals surface area contributed by atoms with E-state index in [2.05, 4.69) is 25.6 Å². The van der Waals surface area contributed by atoms with Gasteiger partial charge in [0, 0.05) is 22.4 Å². The molecule has 0 bridgehead atoms. The molecular weight excluding hydrogens is 522 g/mol. The van der Waals surface area contributed by atoms with Crippen LogP contribution < -0.4 is 10.3 Å². The number of carbonyl (C=O) groups excluding carboxylic acids is 1. The number of halogens is 1. The molecule has 10 heteroatoms. The monoisotopic (exact) mass is 541 g/mol. The molecular formula is C24H20BrN3O5S. The Labute approximate surface area is 204 Å². The first-order chi connectivity index (χ1) is 16.1. The van der Waals surface area contributed by atoms with Gasteiger partial charge in [-0.2, -0.15) is 0 Å². The predicted molar refractivity (Wildman–Crippen MR) is 131 cm³/mol. The van der Waals surface area contributed by atoms with Crippen LogP contribution in [0.25, 0.3) is 5.65 Å². The number of hydrogen-bond acceptors (Lipinski definition) is 6. The van der Waals surface area contributed by atoms with E-state index < -0.39 is 16.0 Å². The first kappa shape index (κ1) is 23.7. The van der Waals surface area contributed by atoms with Crippen LogP contribution in [0.3, 0.4) is 0 Å². The summed E-state index contributed by atoms with van der Waals surface area (Å²) in [6.45, 7) is 3.26. The average Bonchev–Trinajstić information content (AvgIpc) is 2.78. The van der Waals surface area contributed by atoms with Gasteiger partial charge in [0.2, 0.25) is 0 Å². The summed E-state index contributed by atoms with van der Waals surface area (Å²) in [6, 6.07) is 16.0. The largest absolute Gasteiger partial charge is 0.456 e. The van der Waals surface area contributed by atoms with Crippen molar-refractivity contribution in [1.29, 1.82) is 0 Å². The van der Waals surface area contributed by atoms with E-state index in [1.807, 2.05) is 13.0 Å². The van der Waals surface area contributed by atoms with Crippen molar-refractivity contribution in [2.24, 2.45) is 0 Å². The summed E-state index contributed by atoms with van der Waals surface area (Å²) in [4.78, 5) is 29.3. The van der Waals surface area contributed by atoms with Gasteiger partial charge in [-0.1, -0.05) is 18.2 Å². The highest BCUT2D eigenvalue weighted by Crippen LogP contribution is 2.22. The normalized spacial score (nSPS) is 11.4. The summed E-state index contributed by atoms with van der Waals surface area (Å²) in [6.07, 6.45) is 1.60. The van der Waals surface area contributed by atoms with Gasteiger partial charge in [0.25, 0.3) is 15.6 Å². The molecule has 0 atom stereocenters. The van der Waals surface area contributed by atoms with Crippen molar-refractivity contribution >= 4 is 43.3 Å². The highest BCUT2D eigenvalue weighted by molar-refractivity contribution is 9.10.